The minimum absolute atomic E-state index is 0.0599. The predicted molar refractivity (Wildman–Crippen MR) is 123 cm³/mol. The number of ether oxygens (including phenoxy) is 1. The van der Waals surface area contributed by atoms with E-state index < -0.39 is 0 Å². The van der Waals surface area contributed by atoms with E-state index in [1.807, 2.05) is 39.9 Å². The van der Waals surface area contributed by atoms with E-state index in [9.17, 15) is 9.59 Å². The molecule has 2 aliphatic rings. The van der Waals surface area contributed by atoms with Gasteiger partial charge >= 0.3 is 0 Å². The van der Waals surface area contributed by atoms with E-state index in [2.05, 4.69) is 15.3 Å². The van der Waals surface area contributed by atoms with Crippen molar-refractivity contribution in [1.82, 2.24) is 19.4 Å². The monoisotopic (exact) mass is 446 g/mol. The van der Waals surface area contributed by atoms with Crippen LogP contribution < -0.4 is 15.0 Å². The molecule has 0 aliphatic carbocycles. The van der Waals surface area contributed by atoms with Crippen molar-refractivity contribution in [2.45, 2.75) is 32.0 Å². The fourth-order valence-electron chi connectivity index (χ4n) is 4.48. The third-order valence-electron chi connectivity index (χ3n) is 6.23. The van der Waals surface area contributed by atoms with Crippen LogP contribution >= 0.6 is 0 Å². The lowest BCUT2D eigenvalue weighted by Crippen LogP contribution is -2.41. The topological polar surface area (TPSA) is 92.6 Å². The molecule has 2 amide bonds. The Kier molecular flexibility index (Phi) is 5.68. The molecule has 33 heavy (non-hydrogen) atoms. The van der Waals surface area contributed by atoms with Crippen LogP contribution in [0.3, 0.4) is 0 Å². The van der Waals surface area contributed by atoms with Crippen LogP contribution in [-0.2, 0) is 17.9 Å². The van der Waals surface area contributed by atoms with Gasteiger partial charge < -0.3 is 24.4 Å². The van der Waals surface area contributed by atoms with E-state index in [0.29, 0.717) is 36.7 Å². The molecule has 2 aromatic heterocycles. The Labute approximate surface area is 192 Å². The fraction of sp³-hybridized carbons (Fsp3) is 0.333. The van der Waals surface area contributed by atoms with Gasteiger partial charge in [0.1, 0.15) is 5.75 Å². The number of aromatic nitrogens is 3. The second-order valence-corrected chi connectivity index (χ2v) is 8.33. The number of anilines is 2. The van der Waals surface area contributed by atoms with E-state index in [1.165, 1.54) is 0 Å². The molecule has 1 unspecified atom stereocenters. The third-order valence-corrected chi connectivity index (χ3v) is 6.23. The molecule has 0 saturated carbocycles. The molecule has 170 valence electrons. The number of hydrogen-bond acceptors (Lipinski definition) is 6. The van der Waals surface area contributed by atoms with Gasteiger partial charge in [0.25, 0.3) is 5.91 Å². The summed E-state index contributed by atoms with van der Waals surface area (Å²) < 4.78 is 7.22. The number of carbonyl (C=O) groups excluding carboxylic acids is 2. The number of pyridine rings is 1. The van der Waals surface area contributed by atoms with E-state index in [-0.39, 0.29) is 24.4 Å². The first-order chi connectivity index (χ1) is 16.1. The number of methoxy groups -OCH3 is 1. The summed E-state index contributed by atoms with van der Waals surface area (Å²) in [6.45, 7) is 1.99. The zero-order chi connectivity index (χ0) is 22.8. The highest BCUT2D eigenvalue weighted by molar-refractivity contribution is 6.04. The first-order valence-electron chi connectivity index (χ1n) is 11.1. The zero-order valence-electron chi connectivity index (χ0n) is 18.5. The van der Waals surface area contributed by atoms with Crippen molar-refractivity contribution in [3.05, 3.63) is 66.4 Å². The summed E-state index contributed by atoms with van der Waals surface area (Å²) >= 11 is 0. The van der Waals surface area contributed by atoms with Crippen LogP contribution in [0, 0.1) is 0 Å². The Hall–Kier alpha value is -3.88. The molecule has 1 fully saturated rings. The van der Waals surface area contributed by atoms with Gasteiger partial charge in [0.15, 0.2) is 5.82 Å². The van der Waals surface area contributed by atoms with Gasteiger partial charge in [-0.15, -0.1) is 0 Å². The first-order valence-corrected chi connectivity index (χ1v) is 11.1. The molecule has 1 N–H and O–H groups in total. The Balaban J connectivity index is 1.39. The van der Waals surface area contributed by atoms with Gasteiger partial charge in [0, 0.05) is 37.7 Å². The number of benzene rings is 1. The lowest BCUT2D eigenvalue weighted by Gasteiger charge is -2.30. The second kappa shape index (κ2) is 8.93. The Morgan fingerprint density at radius 3 is 2.88 bits per heavy atom. The van der Waals surface area contributed by atoms with Crippen LogP contribution in [0.15, 0.2) is 55.2 Å². The highest BCUT2D eigenvalue weighted by Crippen LogP contribution is 2.31. The molecule has 1 saturated heterocycles. The van der Waals surface area contributed by atoms with Crippen molar-refractivity contribution in [1.29, 1.82) is 0 Å². The number of fused-ring (bicyclic) bond motifs is 1. The average Bonchev–Trinajstić information content (AvgIpc) is 3.53. The van der Waals surface area contributed by atoms with Gasteiger partial charge in [-0.2, -0.15) is 0 Å². The van der Waals surface area contributed by atoms with E-state index in [4.69, 9.17) is 4.74 Å². The van der Waals surface area contributed by atoms with Crippen molar-refractivity contribution in [3.8, 4) is 5.75 Å². The molecule has 0 spiro atoms. The molecule has 1 atom stereocenters. The number of rotatable bonds is 6. The smallest absolute Gasteiger partial charge is 0.255 e. The van der Waals surface area contributed by atoms with Gasteiger partial charge in [0.05, 0.1) is 37.8 Å². The van der Waals surface area contributed by atoms with E-state index in [0.717, 1.165) is 24.2 Å². The third kappa shape index (κ3) is 4.26. The molecule has 3 aromatic rings. The van der Waals surface area contributed by atoms with Crippen LogP contribution in [0.2, 0.25) is 0 Å². The molecule has 9 heteroatoms. The first kappa shape index (κ1) is 21.0. The molecule has 5 rings (SSSR count). The molecule has 0 radical (unpaired) electrons. The van der Waals surface area contributed by atoms with Gasteiger partial charge in [0.2, 0.25) is 5.91 Å². The average molecular weight is 447 g/mol. The number of amides is 2. The van der Waals surface area contributed by atoms with Crippen molar-refractivity contribution >= 4 is 23.3 Å². The normalized spacial score (nSPS) is 17.6. The number of nitrogens with zero attached hydrogens (tertiary/aromatic N) is 5. The molecular formula is C24H26N6O3. The van der Waals surface area contributed by atoms with Gasteiger partial charge in [-0.25, -0.2) is 9.97 Å². The van der Waals surface area contributed by atoms with Crippen LogP contribution in [0.5, 0.6) is 5.75 Å². The molecular weight excluding hydrogens is 420 g/mol. The van der Waals surface area contributed by atoms with Gasteiger partial charge in [-0.3, -0.25) is 9.59 Å². The maximum atomic E-state index is 13.4. The van der Waals surface area contributed by atoms with Crippen LogP contribution in [0.1, 0.15) is 28.8 Å². The maximum Gasteiger partial charge on any atom is 0.255 e. The predicted octanol–water partition coefficient (Wildman–Crippen LogP) is 2.55. The van der Waals surface area contributed by atoms with Crippen molar-refractivity contribution < 1.29 is 14.3 Å². The van der Waals surface area contributed by atoms with E-state index in [1.54, 1.807) is 36.8 Å². The largest absolute Gasteiger partial charge is 0.497 e. The fourth-order valence-corrected chi connectivity index (χ4v) is 4.48. The highest BCUT2D eigenvalue weighted by Gasteiger charge is 2.32. The minimum Gasteiger partial charge on any atom is -0.497 e. The Bertz CT molecular complexity index is 1150. The number of carbonyl (C=O) groups is 2. The summed E-state index contributed by atoms with van der Waals surface area (Å²) in [6.07, 6.45) is 8.95. The number of nitrogens with one attached hydrogen (secondary N) is 1. The summed E-state index contributed by atoms with van der Waals surface area (Å²) in [4.78, 5) is 38.3. The lowest BCUT2D eigenvalue weighted by molar-refractivity contribution is -0.117. The maximum absolute atomic E-state index is 13.4. The molecule has 9 nitrogen and oxygen atoms in total. The summed E-state index contributed by atoms with van der Waals surface area (Å²) in [6, 6.07) is 9.50. The number of hydrogen-bond donors (Lipinski definition) is 1. The summed E-state index contributed by atoms with van der Waals surface area (Å²) in [5, 5.41) is 3.06. The Morgan fingerprint density at radius 2 is 2.12 bits per heavy atom. The summed E-state index contributed by atoms with van der Waals surface area (Å²) in [5.41, 5.74) is 2.08. The molecule has 2 aliphatic heterocycles. The van der Waals surface area contributed by atoms with E-state index >= 15 is 0 Å². The molecule has 4 heterocycles. The summed E-state index contributed by atoms with van der Waals surface area (Å²) in [7, 11) is 1.62. The van der Waals surface area contributed by atoms with Crippen molar-refractivity contribution in [3.63, 3.8) is 0 Å². The van der Waals surface area contributed by atoms with Gasteiger partial charge in [-0.05, 0) is 36.6 Å². The quantitative estimate of drug-likeness (QED) is 0.626. The van der Waals surface area contributed by atoms with Gasteiger partial charge in [-0.1, -0.05) is 12.1 Å². The Morgan fingerprint density at radius 1 is 1.27 bits per heavy atom. The van der Waals surface area contributed by atoms with Crippen molar-refractivity contribution in [2.24, 2.45) is 0 Å². The number of likely N-dealkylation sites (tertiary alicyclic amines) is 1. The minimum atomic E-state index is -0.0659. The SMILES string of the molecule is COc1ccc(CN2C(=O)CNc3ncc(C(=O)N4CCCC4Cn4ccnc4)cc32)cc1. The van der Waals surface area contributed by atoms with Crippen LogP contribution in [0.25, 0.3) is 0 Å². The standard InChI is InChI=1S/C24H26N6O3/c1-33-20-6-4-17(5-7-20)14-30-21-11-18(12-26-23(21)27-13-22(30)31)24(32)29-9-2-3-19(29)15-28-10-8-25-16-28/h4-8,10-12,16,19H,2-3,9,13-15H2,1H3,(H,26,27). The lowest BCUT2D eigenvalue weighted by atomic mass is 10.1. The van der Waals surface area contributed by atoms with Crippen LogP contribution in [0.4, 0.5) is 11.5 Å². The number of imidazole rings is 1. The molecule has 0 bridgehead atoms. The van der Waals surface area contributed by atoms with Crippen molar-refractivity contribution in [2.75, 3.05) is 30.4 Å². The molecule has 1 aromatic carbocycles. The zero-order valence-corrected chi connectivity index (χ0v) is 18.5. The van der Waals surface area contributed by atoms with Crippen LogP contribution in [-0.4, -0.2) is 57.5 Å². The second-order valence-electron chi connectivity index (χ2n) is 8.33. The summed E-state index contributed by atoms with van der Waals surface area (Å²) in [5.74, 6) is 1.24. The highest BCUT2D eigenvalue weighted by atomic mass is 16.5.